The van der Waals surface area contributed by atoms with Crippen LogP contribution in [0.5, 0.6) is 5.75 Å². The molecule has 3 fully saturated rings. The Hall–Kier alpha value is -2.75. The van der Waals surface area contributed by atoms with Gasteiger partial charge in [-0.15, -0.1) is 0 Å². The van der Waals surface area contributed by atoms with E-state index >= 15 is 0 Å². The normalized spacial score (nSPS) is 22.3. The van der Waals surface area contributed by atoms with Crippen LogP contribution in [0, 0.1) is 11.8 Å². The standard InChI is InChI=1S/C36H54N2O7/c1-8-25-24-38-19-15-26(25)22-31(38)34(28-14-18-37-30-13-12-27(41-6)23-29(28)30)45-33(40)11-9-10-32(39)43-20-16-36(4,5)44-21-17-35(2,3)42-7/h12-14,18,23,25-26,31,34H,8-11,15-17,19-22,24H2,1-7H3. The van der Waals surface area contributed by atoms with Crippen molar-refractivity contribution in [3.05, 3.63) is 36.0 Å². The van der Waals surface area contributed by atoms with Crippen LogP contribution in [0.4, 0.5) is 0 Å². The quantitative estimate of drug-likeness (QED) is 0.179. The number of fused-ring (bicyclic) bond motifs is 4. The van der Waals surface area contributed by atoms with E-state index in [-0.39, 0.29) is 43.0 Å². The molecule has 9 heteroatoms. The SMILES string of the molecule is CCC1CN2CCC1CC2C(OC(=O)CCCC(=O)OCCC(C)(C)OCCC(C)(C)OC)c1ccnc2ccc(OC)cc12. The molecule has 2 aromatic rings. The van der Waals surface area contributed by atoms with Crippen molar-refractivity contribution in [1.29, 1.82) is 0 Å². The molecule has 5 unspecified atom stereocenters. The Morgan fingerprint density at radius 3 is 2.47 bits per heavy atom. The van der Waals surface area contributed by atoms with Gasteiger partial charge < -0.3 is 23.7 Å². The number of methoxy groups -OCH3 is 2. The molecule has 3 aliphatic rings. The van der Waals surface area contributed by atoms with Gasteiger partial charge in [-0.1, -0.05) is 13.3 Å². The summed E-state index contributed by atoms with van der Waals surface area (Å²) in [5.41, 5.74) is 1.13. The van der Waals surface area contributed by atoms with Crippen molar-refractivity contribution in [2.45, 2.75) is 109 Å². The Bertz CT molecular complexity index is 1280. The van der Waals surface area contributed by atoms with E-state index in [2.05, 4.69) is 16.8 Å². The van der Waals surface area contributed by atoms with Gasteiger partial charge in [0.1, 0.15) is 11.9 Å². The van der Waals surface area contributed by atoms with Crippen molar-refractivity contribution in [3.63, 3.8) is 0 Å². The van der Waals surface area contributed by atoms with Gasteiger partial charge in [-0.3, -0.25) is 19.5 Å². The lowest BCUT2D eigenvalue weighted by Gasteiger charge is -2.51. The highest BCUT2D eigenvalue weighted by atomic mass is 16.5. The average Bonchev–Trinajstić information content (AvgIpc) is 3.03. The number of benzene rings is 1. The number of piperidine rings is 3. The Morgan fingerprint density at radius 1 is 1.02 bits per heavy atom. The molecule has 0 N–H and O–H groups in total. The van der Waals surface area contributed by atoms with Gasteiger partial charge in [0, 0.05) is 50.1 Å². The molecule has 250 valence electrons. The molecule has 45 heavy (non-hydrogen) atoms. The Balaban J connectivity index is 1.33. The summed E-state index contributed by atoms with van der Waals surface area (Å²) in [5, 5.41) is 0.933. The lowest BCUT2D eigenvalue weighted by atomic mass is 9.72. The van der Waals surface area contributed by atoms with Crippen LogP contribution in [0.1, 0.15) is 97.7 Å². The minimum Gasteiger partial charge on any atom is -0.497 e. The van der Waals surface area contributed by atoms with Crippen molar-refractivity contribution in [2.75, 3.05) is 40.5 Å². The van der Waals surface area contributed by atoms with E-state index in [0.717, 1.165) is 48.1 Å². The molecule has 5 rings (SSSR count). The molecule has 0 saturated carbocycles. The van der Waals surface area contributed by atoms with Crippen molar-refractivity contribution >= 4 is 22.8 Å². The number of hydrogen-bond donors (Lipinski definition) is 0. The maximum Gasteiger partial charge on any atom is 0.306 e. The molecular weight excluding hydrogens is 572 g/mol. The van der Waals surface area contributed by atoms with E-state index in [9.17, 15) is 9.59 Å². The fourth-order valence-electron chi connectivity index (χ4n) is 6.64. The topological polar surface area (TPSA) is 96.4 Å². The number of ether oxygens (including phenoxy) is 5. The highest BCUT2D eigenvalue weighted by Crippen LogP contribution is 2.44. The van der Waals surface area contributed by atoms with Gasteiger partial charge in [0.2, 0.25) is 0 Å². The van der Waals surface area contributed by atoms with Crippen molar-refractivity contribution in [1.82, 2.24) is 9.88 Å². The molecule has 0 amide bonds. The number of esters is 2. The molecule has 0 spiro atoms. The monoisotopic (exact) mass is 626 g/mol. The summed E-state index contributed by atoms with van der Waals surface area (Å²) >= 11 is 0. The number of carbonyl (C=O) groups is 2. The second-order valence-electron chi connectivity index (χ2n) is 13.9. The number of nitrogens with zero attached hydrogens (tertiary/aromatic N) is 2. The predicted octanol–water partition coefficient (Wildman–Crippen LogP) is 6.66. The third-order valence-corrected chi connectivity index (χ3v) is 9.84. The molecule has 0 radical (unpaired) electrons. The Morgan fingerprint density at radius 2 is 1.78 bits per heavy atom. The molecular formula is C36H54N2O7. The zero-order valence-electron chi connectivity index (χ0n) is 28.4. The highest BCUT2D eigenvalue weighted by molar-refractivity contribution is 5.84. The van der Waals surface area contributed by atoms with E-state index in [1.807, 2.05) is 52.0 Å². The molecule has 5 atom stereocenters. The zero-order chi connectivity index (χ0) is 32.6. The van der Waals surface area contributed by atoms with Crippen molar-refractivity contribution in [2.24, 2.45) is 11.8 Å². The molecule has 3 aliphatic heterocycles. The molecule has 2 bridgehead atoms. The van der Waals surface area contributed by atoms with Gasteiger partial charge in [-0.05, 0) is 96.0 Å². The number of carbonyl (C=O) groups excluding carboxylic acids is 2. The summed E-state index contributed by atoms with van der Waals surface area (Å²) in [5.74, 6) is 1.44. The van der Waals surface area contributed by atoms with Gasteiger partial charge in [0.15, 0.2) is 0 Å². The average molecular weight is 627 g/mol. The molecule has 1 aromatic carbocycles. The smallest absolute Gasteiger partial charge is 0.306 e. The van der Waals surface area contributed by atoms with E-state index in [1.54, 1.807) is 20.4 Å². The highest BCUT2D eigenvalue weighted by Gasteiger charge is 2.44. The molecule has 4 heterocycles. The third-order valence-electron chi connectivity index (χ3n) is 9.84. The fourth-order valence-corrected chi connectivity index (χ4v) is 6.64. The predicted molar refractivity (Wildman–Crippen MR) is 174 cm³/mol. The molecule has 0 aliphatic carbocycles. The van der Waals surface area contributed by atoms with Crippen LogP contribution in [-0.4, -0.2) is 79.6 Å². The number of hydrogen-bond acceptors (Lipinski definition) is 9. The Labute approximate surface area is 269 Å². The molecule has 9 nitrogen and oxygen atoms in total. The largest absolute Gasteiger partial charge is 0.497 e. The summed E-state index contributed by atoms with van der Waals surface area (Å²) in [6.45, 7) is 13.2. The van der Waals surface area contributed by atoms with Crippen molar-refractivity contribution in [3.8, 4) is 5.75 Å². The second-order valence-corrected chi connectivity index (χ2v) is 13.9. The van der Waals surface area contributed by atoms with E-state index in [0.29, 0.717) is 31.3 Å². The second kappa shape index (κ2) is 15.7. The fraction of sp³-hybridized carbons (Fsp3) is 0.694. The minimum atomic E-state index is -0.431. The first kappa shape index (κ1) is 35.1. The van der Waals surface area contributed by atoms with Crippen LogP contribution >= 0.6 is 0 Å². The van der Waals surface area contributed by atoms with E-state index < -0.39 is 11.7 Å². The number of aromatic nitrogens is 1. The maximum absolute atomic E-state index is 13.3. The van der Waals surface area contributed by atoms with Crippen molar-refractivity contribution < 1.29 is 33.3 Å². The summed E-state index contributed by atoms with van der Waals surface area (Å²) < 4.78 is 28.8. The van der Waals surface area contributed by atoms with Gasteiger partial charge in [-0.2, -0.15) is 0 Å². The first-order valence-corrected chi connectivity index (χ1v) is 16.7. The Kier molecular flexibility index (Phi) is 12.2. The first-order valence-electron chi connectivity index (χ1n) is 16.7. The molecule has 3 saturated heterocycles. The number of pyridine rings is 1. The first-order chi connectivity index (χ1) is 21.4. The van der Waals surface area contributed by atoms with Gasteiger partial charge >= 0.3 is 11.9 Å². The van der Waals surface area contributed by atoms with Gasteiger partial charge in [-0.25, -0.2) is 0 Å². The van der Waals surface area contributed by atoms with Crippen LogP contribution in [0.2, 0.25) is 0 Å². The van der Waals surface area contributed by atoms with Crippen LogP contribution in [0.25, 0.3) is 10.9 Å². The van der Waals surface area contributed by atoms with Gasteiger partial charge in [0.05, 0.1) is 43.1 Å². The van der Waals surface area contributed by atoms with Crippen LogP contribution < -0.4 is 4.74 Å². The lowest BCUT2D eigenvalue weighted by molar-refractivity contribution is -0.158. The third kappa shape index (κ3) is 9.63. The summed E-state index contributed by atoms with van der Waals surface area (Å²) in [6.07, 6.45) is 6.75. The number of rotatable bonds is 17. The lowest BCUT2D eigenvalue weighted by Crippen LogP contribution is -2.55. The van der Waals surface area contributed by atoms with Crippen LogP contribution in [-0.2, 0) is 28.5 Å². The van der Waals surface area contributed by atoms with Gasteiger partial charge in [0.25, 0.3) is 0 Å². The van der Waals surface area contributed by atoms with Crippen LogP contribution in [0.15, 0.2) is 30.5 Å². The summed E-state index contributed by atoms with van der Waals surface area (Å²) in [7, 11) is 3.35. The van der Waals surface area contributed by atoms with E-state index in [1.165, 1.54) is 12.8 Å². The zero-order valence-corrected chi connectivity index (χ0v) is 28.4. The minimum absolute atomic E-state index is 0.100. The maximum atomic E-state index is 13.3. The summed E-state index contributed by atoms with van der Waals surface area (Å²) in [4.78, 5) is 32.9. The summed E-state index contributed by atoms with van der Waals surface area (Å²) in [6, 6.07) is 7.89. The molecule has 1 aromatic heterocycles. The van der Waals surface area contributed by atoms with Crippen LogP contribution in [0.3, 0.4) is 0 Å². The van der Waals surface area contributed by atoms with E-state index in [4.69, 9.17) is 23.7 Å².